The lowest BCUT2D eigenvalue weighted by Crippen LogP contribution is -2.27. The van der Waals surface area contributed by atoms with E-state index in [2.05, 4.69) is 29.6 Å². The topological polar surface area (TPSA) is 12.0 Å². The van der Waals surface area contributed by atoms with Crippen molar-refractivity contribution in [3.63, 3.8) is 0 Å². The molecule has 0 aromatic rings. The molecule has 2 rings (SSSR count). The minimum atomic E-state index is 0.589. The van der Waals surface area contributed by atoms with Crippen LogP contribution in [-0.2, 0) is 0 Å². The van der Waals surface area contributed by atoms with Crippen molar-refractivity contribution >= 4 is 0 Å². The van der Waals surface area contributed by atoms with Gasteiger partial charge in [-0.05, 0) is 6.20 Å². The van der Waals surface area contributed by atoms with Gasteiger partial charge in [-0.25, -0.2) is 0 Å². The fraction of sp³-hybridized carbons (Fsp3) is 0.333. The molecule has 0 bridgehead atoms. The zero-order chi connectivity index (χ0) is 6.81. The van der Waals surface area contributed by atoms with Crippen molar-refractivity contribution in [2.24, 2.45) is 11.8 Å². The minimum Gasteiger partial charge on any atom is -0.389 e. The third-order valence-corrected chi connectivity index (χ3v) is 2.01. The monoisotopic (exact) mass is 132 g/mol. The van der Waals surface area contributed by atoms with E-state index < -0.39 is 0 Å². The molecule has 0 saturated carbocycles. The molecule has 2 aliphatic rings. The van der Waals surface area contributed by atoms with E-state index in [1.54, 1.807) is 0 Å². The second-order valence-electron chi connectivity index (χ2n) is 2.70. The lowest BCUT2D eigenvalue weighted by atomic mass is 9.87. The van der Waals surface area contributed by atoms with Gasteiger partial charge in [0.25, 0.3) is 0 Å². The van der Waals surface area contributed by atoms with Gasteiger partial charge in [0.05, 0.1) is 30.1 Å². The van der Waals surface area contributed by atoms with Crippen molar-refractivity contribution < 1.29 is 0 Å². The largest absolute Gasteiger partial charge is 0.389 e. The van der Waals surface area contributed by atoms with Crippen LogP contribution in [0.1, 0.15) is 0 Å². The highest BCUT2D eigenvalue weighted by Gasteiger charge is 2.23. The Balaban J connectivity index is 2.21. The summed E-state index contributed by atoms with van der Waals surface area (Å²) >= 11 is 0. The Bertz CT molecular complexity index is 201. The van der Waals surface area contributed by atoms with Gasteiger partial charge in [-0.1, -0.05) is 6.08 Å². The smallest absolute Gasteiger partial charge is 0.155 e. The second kappa shape index (κ2) is 2.28. The molecule has 1 heterocycles. The Hall–Kier alpha value is -1.07. The Kier molecular flexibility index (Phi) is 1.30. The molecule has 0 fully saturated rings. The van der Waals surface area contributed by atoms with Gasteiger partial charge in [-0.15, -0.1) is 0 Å². The molecule has 10 heavy (non-hydrogen) atoms. The summed E-state index contributed by atoms with van der Waals surface area (Å²) in [4.78, 5) is 0. The Morgan fingerprint density at radius 3 is 3.30 bits per heavy atom. The first kappa shape index (κ1) is 5.70. The quantitative estimate of drug-likeness (QED) is 0.489. The molecule has 1 heteroatoms. The highest BCUT2D eigenvalue weighted by Crippen LogP contribution is 2.21. The van der Waals surface area contributed by atoms with Crippen LogP contribution in [0.4, 0.5) is 0 Å². The van der Waals surface area contributed by atoms with Crippen molar-refractivity contribution in [2.75, 3.05) is 6.54 Å². The molecule has 1 aliphatic carbocycles. The molecule has 0 amide bonds. The van der Waals surface area contributed by atoms with Crippen molar-refractivity contribution in [1.29, 1.82) is 0 Å². The molecule has 2 atom stereocenters. The number of allylic oxidation sites excluding steroid dienone is 4. The molecule has 0 saturated heterocycles. The molecule has 0 aromatic carbocycles. The first-order valence-corrected chi connectivity index (χ1v) is 3.63. The summed E-state index contributed by atoms with van der Waals surface area (Å²) in [6, 6.07) is 0. The van der Waals surface area contributed by atoms with E-state index in [9.17, 15) is 0 Å². The maximum Gasteiger partial charge on any atom is 0.155 e. The summed E-state index contributed by atoms with van der Waals surface area (Å²) in [7, 11) is 0. The van der Waals surface area contributed by atoms with Gasteiger partial charge < -0.3 is 5.32 Å². The summed E-state index contributed by atoms with van der Waals surface area (Å²) < 4.78 is 0. The number of hydrogen-bond donors (Lipinski definition) is 1. The average molecular weight is 132 g/mol. The van der Waals surface area contributed by atoms with Crippen molar-refractivity contribution in [2.45, 2.75) is 0 Å². The normalized spacial score (nSPS) is 34.4. The fourth-order valence-corrected chi connectivity index (χ4v) is 1.38. The standard InChI is InChI=1S/C9H10N/c1-2-4-9-7-10-6-5-8(9)3-1/h2-6,8-10H,7H2/q+1. The van der Waals surface area contributed by atoms with Crippen molar-refractivity contribution in [3.8, 4) is 0 Å². The van der Waals surface area contributed by atoms with Crippen LogP contribution in [0.2, 0.25) is 0 Å². The van der Waals surface area contributed by atoms with Gasteiger partial charge in [0, 0.05) is 6.54 Å². The molecule has 1 aliphatic heterocycles. The predicted molar refractivity (Wildman–Crippen MR) is 41.1 cm³/mol. The van der Waals surface area contributed by atoms with Crippen molar-refractivity contribution in [1.82, 2.24) is 5.32 Å². The fourth-order valence-electron chi connectivity index (χ4n) is 1.38. The molecular formula is C9H10N+. The summed E-state index contributed by atoms with van der Waals surface area (Å²) in [5.74, 6) is 1.25. The maximum absolute atomic E-state index is 3.20. The van der Waals surface area contributed by atoms with Crippen LogP contribution in [0.15, 0.2) is 30.5 Å². The highest BCUT2D eigenvalue weighted by atomic mass is 14.8. The third-order valence-electron chi connectivity index (χ3n) is 2.01. The van der Waals surface area contributed by atoms with E-state index in [-0.39, 0.29) is 0 Å². The van der Waals surface area contributed by atoms with E-state index in [0.29, 0.717) is 11.8 Å². The van der Waals surface area contributed by atoms with Crippen molar-refractivity contribution in [3.05, 3.63) is 36.6 Å². The van der Waals surface area contributed by atoms with Crippen LogP contribution in [0.25, 0.3) is 0 Å². The van der Waals surface area contributed by atoms with Gasteiger partial charge in [0.15, 0.2) is 6.08 Å². The van der Waals surface area contributed by atoms with Gasteiger partial charge >= 0.3 is 0 Å². The maximum atomic E-state index is 3.20. The summed E-state index contributed by atoms with van der Waals surface area (Å²) in [5, 5.41) is 3.20. The molecule has 50 valence electrons. The average Bonchev–Trinajstić information content (AvgIpc) is 2.05. The number of fused-ring (bicyclic) bond motifs is 1. The molecule has 2 unspecified atom stereocenters. The summed E-state index contributed by atoms with van der Waals surface area (Å²) in [6.45, 7) is 1.07. The van der Waals surface area contributed by atoms with E-state index in [1.807, 2.05) is 12.3 Å². The number of hydrogen-bond acceptors (Lipinski definition) is 1. The molecular weight excluding hydrogens is 122 g/mol. The number of nitrogens with one attached hydrogen (secondary N) is 1. The molecule has 1 N–H and O–H groups in total. The van der Waals surface area contributed by atoms with Crippen LogP contribution in [-0.4, -0.2) is 6.54 Å². The van der Waals surface area contributed by atoms with Crippen LogP contribution >= 0.6 is 0 Å². The first-order chi connectivity index (χ1) is 4.97. The molecule has 0 spiro atoms. The van der Waals surface area contributed by atoms with Crippen LogP contribution < -0.4 is 5.32 Å². The van der Waals surface area contributed by atoms with Gasteiger partial charge in [0.2, 0.25) is 0 Å². The summed E-state index contributed by atoms with van der Waals surface area (Å²) in [6.07, 6.45) is 13.6. The van der Waals surface area contributed by atoms with E-state index in [0.717, 1.165) is 6.54 Å². The second-order valence-corrected chi connectivity index (χ2v) is 2.70. The molecule has 0 aromatic heterocycles. The Morgan fingerprint density at radius 1 is 1.40 bits per heavy atom. The van der Waals surface area contributed by atoms with Crippen LogP contribution in [0.3, 0.4) is 0 Å². The van der Waals surface area contributed by atoms with Crippen LogP contribution in [0, 0.1) is 17.9 Å². The van der Waals surface area contributed by atoms with E-state index >= 15 is 0 Å². The molecule has 1 nitrogen and oxygen atoms in total. The third kappa shape index (κ3) is 0.850. The lowest BCUT2D eigenvalue weighted by molar-refractivity contribution is 0.503. The first-order valence-electron chi connectivity index (χ1n) is 3.63. The minimum absolute atomic E-state index is 0.589. The van der Waals surface area contributed by atoms with Crippen LogP contribution in [0.5, 0.6) is 0 Å². The summed E-state index contributed by atoms with van der Waals surface area (Å²) in [5.41, 5.74) is 0. The van der Waals surface area contributed by atoms with E-state index in [1.165, 1.54) is 0 Å². The Morgan fingerprint density at radius 2 is 2.40 bits per heavy atom. The highest BCUT2D eigenvalue weighted by molar-refractivity contribution is 5.17. The zero-order valence-corrected chi connectivity index (χ0v) is 5.75. The van der Waals surface area contributed by atoms with Gasteiger partial charge in [-0.3, -0.25) is 0 Å². The SMILES string of the molecule is [C+]1=CC2C=CNCC2C=C1. The van der Waals surface area contributed by atoms with Gasteiger partial charge in [0.1, 0.15) is 0 Å². The predicted octanol–water partition coefficient (Wildman–Crippen LogP) is 1.26. The number of rotatable bonds is 0. The zero-order valence-electron chi connectivity index (χ0n) is 5.75. The Labute approximate surface area is 61.1 Å². The van der Waals surface area contributed by atoms with Gasteiger partial charge in [-0.2, -0.15) is 0 Å². The molecule has 0 radical (unpaired) electrons. The van der Waals surface area contributed by atoms with E-state index in [4.69, 9.17) is 0 Å². The lowest BCUT2D eigenvalue weighted by Gasteiger charge is -2.19.